The normalized spacial score (nSPS) is 12.3. The van der Waals surface area contributed by atoms with Crippen LogP contribution in [0.2, 0.25) is 0 Å². The number of carbonyl (C=O) groups is 1. The Morgan fingerprint density at radius 1 is 1.29 bits per heavy atom. The Kier molecular flexibility index (Phi) is 3.33. The van der Waals surface area contributed by atoms with Gasteiger partial charge in [-0.3, -0.25) is 9.89 Å². The van der Waals surface area contributed by atoms with Crippen molar-refractivity contribution in [2.45, 2.75) is 6.04 Å². The molecule has 0 saturated heterocycles. The number of hydrogen-bond donors (Lipinski definition) is 2. The largest absolute Gasteiger partial charge is 0.468 e. The maximum absolute atomic E-state index is 11.4. The summed E-state index contributed by atoms with van der Waals surface area (Å²) in [5.74, 6) is -0.470. The third-order valence-corrected chi connectivity index (χ3v) is 3.25. The molecule has 1 unspecified atom stereocenters. The highest BCUT2D eigenvalue weighted by Crippen LogP contribution is 2.25. The van der Waals surface area contributed by atoms with Crippen LogP contribution < -0.4 is 5.73 Å². The van der Waals surface area contributed by atoms with Crippen LogP contribution in [0, 0.1) is 0 Å². The molecular weight excluding hydrogens is 270 g/mol. The smallest absolute Gasteiger partial charge is 0.327 e. The second-order valence-corrected chi connectivity index (χ2v) is 4.48. The van der Waals surface area contributed by atoms with E-state index in [9.17, 15) is 4.79 Å². The summed E-state index contributed by atoms with van der Waals surface area (Å²) in [5.41, 5.74) is 8.82. The van der Waals surface area contributed by atoms with Crippen molar-refractivity contribution in [1.82, 2.24) is 20.2 Å². The van der Waals surface area contributed by atoms with Gasteiger partial charge in [0.2, 0.25) is 0 Å². The number of ether oxygens (including phenoxy) is 1. The quantitative estimate of drug-likeness (QED) is 0.699. The zero-order valence-corrected chi connectivity index (χ0v) is 11.3. The van der Waals surface area contributed by atoms with Gasteiger partial charge in [0.1, 0.15) is 12.4 Å². The third-order valence-electron chi connectivity index (χ3n) is 3.25. The summed E-state index contributed by atoms with van der Waals surface area (Å²) in [5, 5.41) is 7.59. The predicted molar refractivity (Wildman–Crippen MR) is 76.1 cm³/mol. The summed E-state index contributed by atoms with van der Waals surface area (Å²) >= 11 is 0. The Bertz CT molecular complexity index is 781. The van der Waals surface area contributed by atoms with E-state index in [-0.39, 0.29) is 0 Å². The van der Waals surface area contributed by atoms with E-state index in [1.54, 1.807) is 18.3 Å². The van der Waals surface area contributed by atoms with E-state index < -0.39 is 12.0 Å². The van der Waals surface area contributed by atoms with Crippen molar-refractivity contribution in [2.75, 3.05) is 7.11 Å². The van der Waals surface area contributed by atoms with Gasteiger partial charge in [-0.1, -0.05) is 24.3 Å². The number of methoxy groups -OCH3 is 1. The molecule has 2 aromatic heterocycles. The number of nitrogens with zero attached hydrogens (tertiary/aromatic N) is 3. The first-order valence-corrected chi connectivity index (χ1v) is 6.28. The molecule has 0 aliphatic rings. The summed E-state index contributed by atoms with van der Waals surface area (Å²) in [6, 6.07) is 6.48. The minimum atomic E-state index is -0.789. The summed E-state index contributed by atoms with van der Waals surface area (Å²) in [6.07, 6.45) is 3.16. The predicted octanol–water partition coefficient (Wildman–Crippen LogP) is 1.19. The first-order valence-electron chi connectivity index (χ1n) is 6.28. The van der Waals surface area contributed by atoms with Gasteiger partial charge in [-0.2, -0.15) is 5.10 Å². The van der Waals surface area contributed by atoms with E-state index in [0.29, 0.717) is 11.2 Å². The van der Waals surface area contributed by atoms with Crippen LogP contribution in [0.4, 0.5) is 0 Å². The summed E-state index contributed by atoms with van der Waals surface area (Å²) in [4.78, 5) is 19.8. The van der Waals surface area contributed by atoms with E-state index in [2.05, 4.69) is 24.9 Å². The molecule has 0 amide bonds. The second-order valence-electron chi connectivity index (χ2n) is 4.48. The SMILES string of the molecule is COC(=O)C(N)c1ccc(-c2ncnc3[nH]ncc23)cc1. The minimum Gasteiger partial charge on any atom is -0.468 e. The van der Waals surface area contributed by atoms with Gasteiger partial charge in [0, 0.05) is 5.56 Å². The molecule has 7 nitrogen and oxygen atoms in total. The zero-order chi connectivity index (χ0) is 14.8. The number of nitrogens with one attached hydrogen (secondary N) is 1. The van der Waals surface area contributed by atoms with Crippen molar-refractivity contribution in [1.29, 1.82) is 0 Å². The van der Waals surface area contributed by atoms with Crippen LogP contribution >= 0.6 is 0 Å². The molecule has 0 saturated carbocycles. The number of rotatable bonds is 3. The molecule has 1 aromatic carbocycles. The van der Waals surface area contributed by atoms with Gasteiger partial charge in [-0.05, 0) is 5.56 Å². The molecule has 0 spiro atoms. The molecule has 1 atom stereocenters. The highest BCUT2D eigenvalue weighted by atomic mass is 16.5. The lowest BCUT2D eigenvalue weighted by atomic mass is 10.0. The fourth-order valence-electron chi connectivity index (χ4n) is 2.11. The van der Waals surface area contributed by atoms with Crippen LogP contribution in [0.1, 0.15) is 11.6 Å². The van der Waals surface area contributed by atoms with E-state index in [1.165, 1.54) is 13.4 Å². The van der Waals surface area contributed by atoms with E-state index in [4.69, 9.17) is 5.73 Å². The topological polar surface area (TPSA) is 107 Å². The van der Waals surface area contributed by atoms with Gasteiger partial charge in [-0.15, -0.1) is 0 Å². The molecule has 2 heterocycles. The second kappa shape index (κ2) is 5.29. The minimum absolute atomic E-state index is 0.470. The van der Waals surface area contributed by atoms with Crippen LogP contribution in [-0.4, -0.2) is 33.2 Å². The van der Waals surface area contributed by atoms with Crippen LogP contribution in [0.5, 0.6) is 0 Å². The number of aromatic amines is 1. The molecule has 106 valence electrons. The first-order chi connectivity index (χ1) is 10.2. The van der Waals surface area contributed by atoms with Crippen LogP contribution in [0.3, 0.4) is 0 Å². The maximum atomic E-state index is 11.4. The molecule has 0 fully saturated rings. The molecule has 0 bridgehead atoms. The molecule has 7 heteroatoms. The fourth-order valence-corrected chi connectivity index (χ4v) is 2.11. The summed E-state index contributed by atoms with van der Waals surface area (Å²) in [6.45, 7) is 0. The Labute approximate surface area is 120 Å². The summed E-state index contributed by atoms with van der Waals surface area (Å²) < 4.78 is 4.63. The van der Waals surface area contributed by atoms with Crippen molar-refractivity contribution < 1.29 is 9.53 Å². The van der Waals surface area contributed by atoms with Gasteiger partial charge >= 0.3 is 5.97 Å². The fraction of sp³-hybridized carbons (Fsp3) is 0.143. The van der Waals surface area contributed by atoms with Crippen molar-refractivity contribution in [3.63, 3.8) is 0 Å². The van der Waals surface area contributed by atoms with E-state index in [1.807, 2.05) is 12.1 Å². The van der Waals surface area contributed by atoms with Crippen molar-refractivity contribution >= 4 is 17.0 Å². The lowest BCUT2D eigenvalue weighted by Crippen LogP contribution is -2.22. The Hall–Kier alpha value is -2.80. The molecule has 3 rings (SSSR count). The van der Waals surface area contributed by atoms with Gasteiger partial charge in [0.05, 0.1) is 24.4 Å². The molecule has 21 heavy (non-hydrogen) atoms. The number of nitrogens with two attached hydrogens (primary N) is 1. The molecule has 3 aromatic rings. The van der Waals surface area contributed by atoms with Gasteiger partial charge in [0.25, 0.3) is 0 Å². The van der Waals surface area contributed by atoms with Gasteiger partial charge in [0.15, 0.2) is 5.65 Å². The molecule has 0 aliphatic carbocycles. The Balaban J connectivity index is 1.98. The molecule has 3 N–H and O–H groups in total. The molecule has 0 aliphatic heterocycles. The Morgan fingerprint density at radius 2 is 2.05 bits per heavy atom. The molecular formula is C14H13N5O2. The lowest BCUT2D eigenvalue weighted by molar-refractivity contribution is -0.142. The van der Waals surface area contributed by atoms with E-state index >= 15 is 0 Å². The summed E-state index contributed by atoms with van der Waals surface area (Å²) in [7, 11) is 1.31. The van der Waals surface area contributed by atoms with Crippen molar-refractivity contribution in [3.05, 3.63) is 42.4 Å². The van der Waals surface area contributed by atoms with Crippen molar-refractivity contribution in [3.8, 4) is 11.3 Å². The highest BCUT2D eigenvalue weighted by Gasteiger charge is 2.16. The third kappa shape index (κ3) is 2.34. The zero-order valence-electron chi connectivity index (χ0n) is 11.3. The lowest BCUT2D eigenvalue weighted by Gasteiger charge is -2.10. The maximum Gasteiger partial charge on any atom is 0.327 e. The highest BCUT2D eigenvalue weighted by molar-refractivity contribution is 5.89. The number of aromatic nitrogens is 4. The average Bonchev–Trinajstić information content (AvgIpc) is 3.02. The first kappa shape index (κ1) is 13.2. The van der Waals surface area contributed by atoms with E-state index in [0.717, 1.165) is 16.6 Å². The monoisotopic (exact) mass is 283 g/mol. The average molecular weight is 283 g/mol. The number of carbonyl (C=O) groups excluding carboxylic acids is 1. The van der Waals surface area contributed by atoms with Crippen LogP contribution in [-0.2, 0) is 9.53 Å². The number of H-pyrrole nitrogens is 1. The van der Waals surface area contributed by atoms with Crippen molar-refractivity contribution in [2.24, 2.45) is 5.73 Å². The number of hydrogen-bond acceptors (Lipinski definition) is 6. The van der Waals surface area contributed by atoms with Crippen LogP contribution in [0.15, 0.2) is 36.8 Å². The number of benzene rings is 1. The van der Waals surface area contributed by atoms with Gasteiger partial charge in [-0.25, -0.2) is 9.97 Å². The van der Waals surface area contributed by atoms with Gasteiger partial charge < -0.3 is 10.5 Å². The standard InChI is InChI=1S/C14H13N5O2/c1-21-14(20)11(15)8-2-4-9(5-3-8)12-10-6-18-19-13(10)17-7-16-12/h2-7,11H,15H2,1H3,(H,16,17,18,19). The number of fused-ring (bicyclic) bond motifs is 1. The Morgan fingerprint density at radius 3 is 2.76 bits per heavy atom. The van der Waals surface area contributed by atoms with Crippen LogP contribution in [0.25, 0.3) is 22.3 Å². The number of esters is 1. The molecule has 0 radical (unpaired) electrons.